The van der Waals surface area contributed by atoms with Crippen molar-refractivity contribution in [3.8, 4) is 11.5 Å². The average Bonchev–Trinajstić information content (AvgIpc) is 2.88. The van der Waals surface area contributed by atoms with Gasteiger partial charge in [0.2, 0.25) is 0 Å². The molecule has 0 aliphatic rings. The van der Waals surface area contributed by atoms with Crippen molar-refractivity contribution in [2.24, 2.45) is 0 Å². The number of carbonyl (C=O) groups is 1. The van der Waals surface area contributed by atoms with Crippen LogP contribution in [0.5, 0.6) is 11.5 Å². The molecule has 0 radical (unpaired) electrons. The van der Waals surface area contributed by atoms with E-state index in [2.05, 4.69) is 36.2 Å². The highest BCUT2D eigenvalue weighted by Gasteiger charge is 2.13. The van der Waals surface area contributed by atoms with E-state index < -0.39 is 5.97 Å². The highest BCUT2D eigenvalue weighted by atomic mass is 16.5. The van der Waals surface area contributed by atoms with E-state index in [0.29, 0.717) is 23.6 Å². The van der Waals surface area contributed by atoms with Crippen LogP contribution < -0.4 is 9.47 Å². The fourth-order valence-electron chi connectivity index (χ4n) is 4.31. The molecule has 1 heterocycles. The molecule has 3 aromatic rings. The molecule has 0 aliphatic carbocycles. The molecule has 0 aliphatic heterocycles. The van der Waals surface area contributed by atoms with Crippen molar-refractivity contribution in [3.05, 3.63) is 65.4 Å². The van der Waals surface area contributed by atoms with Crippen molar-refractivity contribution in [1.82, 2.24) is 4.98 Å². The molecule has 0 fully saturated rings. The van der Waals surface area contributed by atoms with Gasteiger partial charge in [-0.3, -0.25) is 0 Å². The predicted octanol–water partition coefficient (Wildman–Crippen LogP) is 7.98. The van der Waals surface area contributed by atoms with Gasteiger partial charge in [0, 0.05) is 11.5 Å². The fraction of sp³-hybridized carbons (Fsp3) is 0.467. The molecule has 3 rings (SSSR count). The first-order valence-corrected chi connectivity index (χ1v) is 13.0. The number of carboxylic acid groups (broad SMARTS) is 1. The largest absolute Gasteiger partial charge is 0.497 e. The number of unbranched alkanes of at least 4 members (excludes halogenated alkanes) is 9. The standard InChI is InChI=1S/C30H39NO4/c1-3-4-5-6-7-8-9-10-11-12-13-23-14-16-24(17-15-23)22-35-29-21-28(30(32)33)31-27-19-18-25(34-2)20-26(27)29/h14-21H,3-13,22H2,1-2H3,(H,32,33). The highest BCUT2D eigenvalue weighted by Crippen LogP contribution is 2.30. The van der Waals surface area contributed by atoms with E-state index in [0.717, 1.165) is 17.4 Å². The molecule has 0 saturated carbocycles. The number of carboxylic acids is 1. The minimum Gasteiger partial charge on any atom is -0.497 e. The summed E-state index contributed by atoms with van der Waals surface area (Å²) in [6, 6.07) is 15.3. The number of fused-ring (bicyclic) bond motifs is 1. The summed E-state index contributed by atoms with van der Waals surface area (Å²) < 4.78 is 11.4. The zero-order valence-electron chi connectivity index (χ0n) is 21.2. The monoisotopic (exact) mass is 477 g/mol. The van der Waals surface area contributed by atoms with Crippen molar-refractivity contribution in [3.63, 3.8) is 0 Å². The van der Waals surface area contributed by atoms with Crippen LogP contribution in [0.3, 0.4) is 0 Å². The minimum absolute atomic E-state index is 0.0375. The third-order valence-electron chi connectivity index (χ3n) is 6.43. The van der Waals surface area contributed by atoms with E-state index in [9.17, 15) is 9.90 Å². The number of nitrogens with zero attached hydrogens (tertiary/aromatic N) is 1. The summed E-state index contributed by atoms with van der Waals surface area (Å²) in [5.41, 5.74) is 2.92. The van der Waals surface area contributed by atoms with Crippen LogP contribution in [0.25, 0.3) is 10.9 Å². The Hall–Kier alpha value is -3.08. The average molecular weight is 478 g/mol. The lowest BCUT2D eigenvalue weighted by Gasteiger charge is -2.12. The maximum atomic E-state index is 11.5. The van der Waals surface area contributed by atoms with Crippen molar-refractivity contribution in [1.29, 1.82) is 0 Å². The molecule has 0 saturated heterocycles. The second kappa shape index (κ2) is 14.3. The van der Waals surface area contributed by atoms with E-state index >= 15 is 0 Å². The van der Waals surface area contributed by atoms with Crippen LogP contribution in [0.2, 0.25) is 0 Å². The molecule has 0 spiro atoms. The van der Waals surface area contributed by atoms with Gasteiger partial charge in [0.1, 0.15) is 18.1 Å². The first-order valence-electron chi connectivity index (χ1n) is 13.0. The van der Waals surface area contributed by atoms with E-state index in [-0.39, 0.29) is 5.69 Å². The molecule has 5 nitrogen and oxygen atoms in total. The molecule has 0 amide bonds. The maximum Gasteiger partial charge on any atom is 0.354 e. The maximum absolute atomic E-state index is 11.5. The van der Waals surface area contributed by atoms with E-state index in [4.69, 9.17) is 9.47 Å². The number of pyridine rings is 1. The molecule has 1 N–H and O–H groups in total. The first-order chi connectivity index (χ1) is 17.1. The molecule has 0 bridgehead atoms. The summed E-state index contributed by atoms with van der Waals surface area (Å²) >= 11 is 0. The van der Waals surface area contributed by atoms with Gasteiger partial charge in [-0.2, -0.15) is 0 Å². The van der Waals surface area contributed by atoms with Crippen molar-refractivity contribution in [2.75, 3.05) is 7.11 Å². The minimum atomic E-state index is -1.08. The Bertz CT molecular complexity index is 1060. The molecule has 188 valence electrons. The van der Waals surface area contributed by atoms with Gasteiger partial charge in [-0.25, -0.2) is 9.78 Å². The van der Waals surface area contributed by atoms with E-state index in [1.54, 1.807) is 19.2 Å². The van der Waals surface area contributed by atoms with Crippen LogP contribution in [-0.4, -0.2) is 23.2 Å². The number of aryl methyl sites for hydroxylation is 1. The van der Waals surface area contributed by atoms with Gasteiger partial charge in [-0.15, -0.1) is 0 Å². The number of aromatic nitrogens is 1. The van der Waals surface area contributed by atoms with Crippen LogP contribution in [0, 0.1) is 0 Å². The number of benzene rings is 2. The normalized spacial score (nSPS) is 11.0. The summed E-state index contributed by atoms with van der Waals surface area (Å²) in [6.45, 7) is 2.62. The summed E-state index contributed by atoms with van der Waals surface area (Å²) in [5, 5.41) is 10.1. The molecular weight excluding hydrogens is 438 g/mol. The number of hydrogen-bond acceptors (Lipinski definition) is 4. The topological polar surface area (TPSA) is 68.7 Å². The van der Waals surface area contributed by atoms with Gasteiger partial charge in [0.25, 0.3) is 0 Å². The SMILES string of the molecule is CCCCCCCCCCCCc1ccc(COc2cc(C(=O)O)nc3ccc(OC)cc23)cc1. The quantitative estimate of drug-likeness (QED) is 0.212. The van der Waals surface area contributed by atoms with Crippen LogP contribution >= 0.6 is 0 Å². The number of hydrogen-bond donors (Lipinski definition) is 1. The number of rotatable bonds is 16. The number of aromatic carboxylic acids is 1. The van der Waals surface area contributed by atoms with Crippen LogP contribution in [0.4, 0.5) is 0 Å². The Morgan fingerprint density at radius 2 is 1.46 bits per heavy atom. The van der Waals surface area contributed by atoms with Crippen molar-refractivity contribution < 1.29 is 19.4 Å². The zero-order chi connectivity index (χ0) is 24.9. The molecule has 0 atom stereocenters. The van der Waals surface area contributed by atoms with Crippen LogP contribution in [0.15, 0.2) is 48.5 Å². The summed E-state index contributed by atoms with van der Waals surface area (Å²) in [7, 11) is 1.60. The van der Waals surface area contributed by atoms with Gasteiger partial charge < -0.3 is 14.6 Å². The van der Waals surface area contributed by atoms with E-state index in [1.807, 2.05) is 6.07 Å². The fourth-order valence-corrected chi connectivity index (χ4v) is 4.31. The summed E-state index contributed by atoms with van der Waals surface area (Å²) in [4.78, 5) is 15.7. The van der Waals surface area contributed by atoms with Crippen molar-refractivity contribution >= 4 is 16.9 Å². The van der Waals surface area contributed by atoms with Gasteiger partial charge in [0.05, 0.1) is 12.6 Å². The molecule has 5 heteroatoms. The number of ether oxygens (including phenoxy) is 2. The lowest BCUT2D eigenvalue weighted by Crippen LogP contribution is -2.03. The Balaban J connectivity index is 1.47. The van der Waals surface area contributed by atoms with E-state index in [1.165, 1.54) is 75.8 Å². The van der Waals surface area contributed by atoms with Gasteiger partial charge in [-0.1, -0.05) is 89.0 Å². The number of methoxy groups -OCH3 is 1. The van der Waals surface area contributed by atoms with Crippen LogP contribution in [0.1, 0.15) is 92.7 Å². The Morgan fingerprint density at radius 1 is 0.829 bits per heavy atom. The highest BCUT2D eigenvalue weighted by molar-refractivity contribution is 5.93. The molecule has 0 unspecified atom stereocenters. The molecular formula is C30H39NO4. The third kappa shape index (κ3) is 8.57. The Morgan fingerprint density at radius 3 is 2.09 bits per heavy atom. The van der Waals surface area contributed by atoms with Gasteiger partial charge in [-0.05, 0) is 42.2 Å². The Kier molecular flexibility index (Phi) is 10.9. The Labute approximate surface area is 209 Å². The smallest absolute Gasteiger partial charge is 0.354 e. The first kappa shape index (κ1) is 26.5. The van der Waals surface area contributed by atoms with Gasteiger partial charge >= 0.3 is 5.97 Å². The molecule has 1 aromatic heterocycles. The van der Waals surface area contributed by atoms with Gasteiger partial charge in [0.15, 0.2) is 5.69 Å². The molecule has 2 aromatic carbocycles. The van der Waals surface area contributed by atoms with Crippen LogP contribution in [-0.2, 0) is 13.0 Å². The third-order valence-corrected chi connectivity index (χ3v) is 6.43. The summed E-state index contributed by atoms with van der Waals surface area (Å²) in [6.07, 6.45) is 14.6. The van der Waals surface area contributed by atoms with Crippen molar-refractivity contribution in [2.45, 2.75) is 84.2 Å². The lowest BCUT2D eigenvalue weighted by atomic mass is 10.0. The second-order valence-corrected chi connectivity index (χ2v) is 9.23. The predicted molar refractivity (Wildman–Crippen MR) is 142 cm³/mol. The second-order valence-electron chi connectivity index (χ2n) is 9.23. The zero-order valence-corrected chi connectivity index (χ0v) is 21.2. The summed E-state index contributed by atoms with van der Waals surface area (Å²) in [5.74, 6) is 0.0770. The molecule has 35 heavy (non-hydrogen) atoms. The lowest BCUT2D eigenvalue weighted by molar-refractivity contribution is 0.0690.